The van der Waals surface area contributed by atoms with Crippen LogP contribution >= 0.6 is 15.9 Å². The van der Waals surface area contributed by atoms with Crippen LogP contribution in [-0.4, -0.2) is 16.9 Å². The highest BCUT2D eigenvalue weighted by Gasteiger charge is 2.05. The number of hydrogen-bond acceptors (Lipinski definition) is 2. The first-order valence-corrected chi connectivity index (χ1v) is 7.48. The molecule has 1 heterocycles. The van der Waals surface area contributed by atoms with Crippen molar-refractivity contribution in [1.29, 1.82) is 0 Å². The molecule has 0 fully saturated rings. The van der Waals surface area contributed by atoms with Crippen molar-refractivity contribution in [2.24, 2.45) is 0 Å². The fraction of sp³-hybridized carbons (Fsp3) is 0.188. The van der Waals surface area contributed by atoms with Gasteiger partial charge < -0.3 is 4.74 Å². The molecule has 2 nitrogen and oxygen atoms in total. The SMILES string of the molecule is BrCCCOc1cccc2cc3ccccc3nc12. The lowest BCUT2D eigenvalue weighted by Crippen LogP contribution is -1.99. The fourth-order valence-electron chi connectivity index (χ4n) is 2.13. The summed E-state index contributed by atoms with van der Waals surface area (Å²) in [5.74, 6) is 0.865. The van der Waals surface area contributed by atoms with E-state index in [4.69, 9.17) is 9.72 Å². The van der Waals surface area contributed by atoms with Crippen molar-refractivity contribution in [3.63, 3.8) is 0 Å². The van der Waals surface area contributed by atoms with E-state index in [1.54, 1.807) is 0 Å². The monoisotopic (exact) mass is 315 g/mol. The summed E-state index contributed by atoms with van der Waals surface area (Å²) in [4.78, 5) is 4.72. The van der Waals surface area contributed by atoms with Gasteiger partial charge in [-0.15, -0.1) is 0 Å². The van der Waals surface area contributed by atoms with Gasteiger partial charge >= 0.3 is 0 Å². The summed E-state index contributed by atoms with van der Waals surface area (Å²) in [5.41, 5.74) is 1.95. The number of nitrogens with zero attached hydrogens (tertiary/aromatic N) is 1. The highest BCUT2D eigenvalue weighted by Crippen LogP contribution is 2.27. The maximum absolute atomic E-state index is 5.82. The number of aromatic nitrogens is 1. The number of pyridine rings is 1. The van der Waals surface area contributed by atoms with Gasteiger partial charge in [0.05, 0.1) is 12.1 Å². The van der Waals surface area contributed by atoms with Gasteiger partial charge in [-0.2, -0.15) is 0 Å². The summed E-state index contributed by atoms with van der Waals surface area (Å²) >= 11 is 3.41. The van der Waals surface area contributed by atoms with Crippen LogP contribution in [-0.2, 0) is 0 Å². The Balaban J connectivity index is 2.09. The second-order valence-corrected chi connectivity index (χ2v) is 5.19. The molecule has 19 heavy (non-hydrogen) atoms. The molecule has 0 amide bonds. The molecule has 2 aromatic carbocycles. The maximum Gasteiger partial charge on any atom is 0.145 e. The van der Waals surface area contributed by atoms with Crippen molar-refractivity contribution < 1.29 is 4.74 Å². The largest absolute Gasteiger partial charge is 0.491 e. The van der Waals surface area contributed by atoms with Crippen LogP contribution in [0.25, 0.3) is 21.8 Å². The first-order chi connectivity index (χ1) is 9.38. The van der Waals surface area contributed by atoms with Crippen LogP contribution in [0.5, 0.6) is 5.75 Å². The summed E-state index contributed by atoms with van der Waals surface area (Å²) < 4.78 is 5.82. The number of hydrogen-bond donors (Lipinski definition) is 0. The van der Waals surface area contributed by atoms with Crippen molar-refractivity contribution in [1.82, 2.24) is 4.98 Å². The highest BCUT2D eigenvalue weighted by molar-refractivity contribution is 9.09. The zero-order valence-electron chi connectivity index (χ0n) is 10.5. The zero-order valence-corrected chi connectivity index (χ0v) is 12.1. The number of fused-ring (bicyclic) bond motifs is 2. The third-order valence-electron chi connectivity index (χ3n) is 3.05. The molecule has 0 bridgehead atoms. The molecule has 3 rings (SSSR count). The van der Waals surface area contributed by atoms with E-state index >= 15 is 0 Å². The van der Waals surface area contributed by atoms with E-state index in [2.05, 4.69) is 34.1 Å². The second-order valence-electron chi connectivity index (χ2n) is 4.40. The van der Waals surface area contributed by atoms with E-state index in [0.717, 1.165) is 39.3 Å². The molecule has 0 aliphatic heterocycles. The van der Waals surface area contributed by atoms with Crippen molar-refractivity contribution in [3.8, 4) is 5.75 Å². The van der Waals surface area contributed by atoms with Gasteiger partial charge in [0.15, 0.2) is 0 Å². The minimum absolute atomic E-state index is 0.707. The Kier molecular flexibility index (Phi) is 3.65. The quantitative estimate of drug-likeness (QED) is 0.400. The molecule has 0 unspecified atom stereocenters. The number of benzene rings is 2. The average molecular weight is 316 g/mol. The number of para-hydroxylation sites is 2. The van der Waals surface area contributed by atoms with Crippen LogP contribution in [0.3, 0.4) is 0 Å². The second kappa shape index (κ2) is 5.57. The minimum Gasteiger partial charge on any atom is -0.491 e. The Hall–Kier alpha value is -1.61. The molecule has 3 heteroatoms. The maximum atomic E-state index is 5.82. The van der Waals surface area contributed by atoms with E-state index in [1.165, 1.54) is 0 Å². The Morgan fingerprint density at radius 1 is 1.00 bits per heavy atom. The Morgan fingerprint density at radius 3 is 2.74 bits per heavy atom. The van der Waals surface area contributed by atoms with Crippen LogP contribution < -0.4 is 4.74 Å². The number of rotatable bonds is 4. The van der Waals surface area contributed by atoms with Crippen molar-refractivity contribution in [2.75, 3.05) is 11.9 Å². The van der Waals surface area contributed by atoms with Crippen LogP contribution in [0.2, 0.25) is 0 Å². The molecule has 0 saturated carbocycles. The molecular weight excluding hydrogens is 302 g/mol. The molecular formula is C16H14BrNO. The van der Waals surface area contributed by atoms with Crippen LogP contribution in [0.15, 0.2) is 48.5 Å². The third-order valence-corrected chi connectivity index (χ3v) is 3.61. The van der Waals surface area contributed by atoms with Crippen molar-refractivity contribution in [3.05, 3.63) is 48.5 Å². The average Bonchev–Trinajstić information content (AvgIpc) is 2.46. The van der Waals surface area contributed by atoms with E-state index in [9.17, 15) is 0 Å². The summed E-state index contributed by atoms with van der Waals surface area (Å²) in [6.45, 7) is 0.707. The van der Waals surface area contributed by atoms with Gasteiger partial charge in [0.1, 0.15) is 11.3 Å². The Labute approximate surface area is 120 Å². The van der Waals surface area contributed by atoms with Gasteiger partial charge in [0.2, 0.25) is 0 Å². The van der Waals surface area contributed by atoms with Gasteiger partial charge in [0, 0.05) is 16.1 Å². The highest BCUT2D eigenvalue weighted by atomic mass is 79.9. The third kappa shape index (κ3) is 2.56. The molecule has 96 valence electrons. The molecule has 0 aliphatic rings. The molecule has 1 aromatic heterocycles. The predicted molar refractivity (Wildman–Crippen MR) is 83.2 cm³/mol. The lowest BCUT2D eigenvalue weighted by Gasteiger charge is -2.09. The summed E-state index contributed by atoms with van der Waals surface area (Å²) in [6.07, 6.45) is 0.990. The molecule has 0 aliphatic carbocycles. The molecule has 3 aromatic rings. The predicted octanol–water partition coefficient (Wildman–Crippen LogP) is 4.55. The zero-order chi connectivity index (χ0) is 13.1. The smallest absolute Gasteiger partial charge is 0.145 e. The fourth-order valence-corrected chi connectivity index (χ4v) is 2.36. The van der Waals surface area contributed by atoms with Crippen LogP contribution in [0.1, 0.15) is 6.42 Å². The van der Waals surface area contributed by atoms with Gasteiger partial charge in [-0.25, -0.2) is 4.98 Å². The lowest BCUT2D eigenvalue weighted by atomic mass is 10.1. The van der Waals surface area contributed by atoms with Crippen molar-refractivity contribution >= 4 is 37.7 Å². The van der Waals surface area contributed by atoms with Gasteiger partial charge in [0.25, 0.3) is 0 Å². The first kappa shape index (κ1) is 12.4. The number of alkyl halides is 1. The van der Waals surface area contributed by atoms with E-state index in [1.807, 2.05) is 30.3 Å². The summed E-state index contributed by atoms with van der Waals surface area (Å²) in [5, 5.41) is 3.23. The summed E-state index contributed by atoms with van der Waals surface area (Å²) in [7, 11) is 0. The minimum atomic E-state index is 0.707. The van der Waals surface area contributed by atoms with E-state index in [0.29, 0.717) is 6.61 Å². The molecule has 0 N–H and O–H groups in total. The molecule has 0 atom stereocenters. The van der Waals surface area contributed by atoms with Gasteiger partial charge in [-0.3, -0.25) is 0 Å². The Morgan fingerprint density at radius 2 is 1.84 bits per heavy atom. The first-order valence-electron chi connectivity index (χ1n) is 6.36. The molecule has 0 spiro atoms. The van der Waals surface area contributed by atoms with Crippen molar-refractivity contribution in [2.45, 2.75) is 6.42 Å². The Bertz CT molecular complexity index is 711. The van der Waals surface area contributed by atoms with Gasteiger partial charge in [-0.05, 0) is 24.6 Å². The lowest BCUT2D eigenvalue weighted by molar-refractivity contribution is 0.322. The van der Waals surface area contributed by atoms with E-state index in [-0.39, 0.29) is 0 Å². The topological polar surface area (TPSA) is 22.1 Å². The van der Waals surface area contributed by atoms with Crippen LogP contribution in [0, 0.1) is 0 Å². The normalized spacial score (nSPS) is 11.0. The summed E-state index contributed by atoms with van der Waals surface area (Å²) in [6, 6.07) is 16.4. The van der Waals surface area contributed by atoms with E-state index < -0.39 is 0 Å². The number of ether oxygens (including phenoxy) is 1. The standard InChI is InChI=1S/C16H14BrNO/c17-9-4-10-19-15-8-3-6-13-11-12-5-1-2-7-14(12)18-16(13)15/h1-3,5-8,11H,4,9-10H2. The number of halogens is 1. The van der Waals surface area contributed by atoms with Crippen LogP contribution in [0.4, 0.5) is 0 Å². The van der Waals surface area contributed by atoms with Gasteiger partial charge in [-0.1, -0.05) is 46.3 Å². The molecule has 0 radical (unpaired) electrons. The molecule has 0 saturated heterocycles.